The van der Waals surface area contributed by atoms with Crippen LogP contribution in [0.1, 0.15) is 39.0 Å². The highest BCUT2D eigenvalue weighted by Gasteiger charge is 2.19. The number of allylic oxidation sites excluding steroid dienone is 1. The zero-order valence-electron chi connectivity index (χ0n) is 12.3. The number of carbonyl (C=O) groups is 2. The Morgan fingerprint density at radius 2 is 1.76 bits per heavy atom. The van der Waals surface area contributed by atoms with Gasteiger partial charge in [-0.05, 0) is 49.9 Å². The van der Waals surface area contributed by atoms with Gasteiger partial charge in [0.15, 0.2) is 0 Å². The molecule has 0 radical (unpaired) electrons. The molecule has 1 aliphatic carbocycles. The molecule has 5 nitrogen and oxygen atoms in total. The molecule has 0 aliphatic heterocycles. The summed E-state index contributed by atoms with van der Waals surface area (Å²) in [5, 5.41) is 2.72. The second-order valence-corrected chi connectivity index (χ2v) is 5.26. The third kappa shape index (κ3) is 4.08. The topological polar surface area (TPSA) is 75.4 Å². The predicted octanol–water partition coefficient (Wildman–Crippen LogP) is 3.18. The van der Waals surface area contributed by atoms with Gasteiger partial charge in [0.05, 0.1) is 5.69 Å². The molecule has 2 rings (SSSR count). The highest BCUT2D eigenvalue weighted by molar-refractivity contribution is 6.13. The lowest BCUT2D eigenvalue weighted by molar-refractivity contribution is -0.115. The monoisotopic (exact) mass is 287 g/mol. The molecule has 0 bridgehead atoms. The molecule has 112 valence electrons. The smallest absolute Gasteiger partial charge is 0.332 e. The van der Waals surface area contributed by atoms with Crippen LogP contribution in [0.2, 0.25) is 0 Å². The zero-order valence-corrected chi connectivity index (χ0v) is 12.3. The Hall–Kier alpha value is -2.30. The lowest BCUT2D eigenvalue weighted by Gasteiger charge is -2.20. The molecule has 0 saturated heterocycles. The van der Waals surface area contributed by atoms with Gasteiger partial charge in [-0.25, -0.2) is 9.69 Å². The third-order valence-electron chi connectivity index (χ3n) is 3.56. The number of nitrogens with zero attached hydrogens (tertiary/aromatic N) is 1. The molecular weight excluding hydrogens is 266 g/mol. The first kappa shape index (κ1) is 15.1. The van der Waals surface area contributed by atoms with Crippen LogP contribution in [0.15, 0.2) is 36.0 Å². The number of hydrogen-bond donors (Lipinski definition) is 2. The van der Waals surface area contributed by atoms with Crippen LogP contribution in [0, 0.1) is 0 Å². The Balaban J connectivity index is 2.09. The molecule has 0 atom stereocenters. The van der Waals surface area contributed by atoms with Crippen LogP contribution in [0.4, 0.5) is 16.2 Å². The molecule has 1 fully saturated rings. The fourth-order valence-corrected chi connectivity index (χ4v) is 2.44. The average Bonchev–Trinajstić information content (AvgIpc) is 2.48. The van der Waals surface area contributed by atoms with E-state index in [0.29, 0.717) is 11.4 Å². The number of urea groups is 1. The summed E-state index contributed by atoms with van der Waals surface area (Å²) < 4.78 is 0. The first-order valence-corrected chi connectivity index (χ1v) is 7.22. The first-order chi connectivity index (χ1) is 10.1. The number of nitrogens with two attached hydrogens (primary N) is 1. The van der Waals surface area contributed by atoms with Crippen LogP contribution >= 0.6 is 0 Å². The Kier molecular flexibility index (Phi) is 4.98. The second-order valence-electron chi connectivity index (χ2n) is 5.26. The molecular formula is C16H21N3O2. The van der Waals surface area contributed by atoms with Crippen LogP contribution < -0.4 is 16.0 Å². The first-order valence-electron chi connectivity index (χ1n) is 7.22. The van der Waals surface area contributed by atoms with E-state index in [1.807, 2.05) is 0 Å². The van der Waals surface area contributed by atoms with Gasteiger partial charge in [0, 0.05) is 18.8 Å². The minimum absolute atomic E-state index is 0.334. The number of nitrogen functional groups attached to an aromatic ring is 1. The van der Waals surface area contributed by atoms with E-state index in [1.165, 1.54) is 18.9 Å². The summed E-state index contributed by atoms with van der Waals surface area (Å²) in [5.41, 5.74) is 7.95. The van der Waals surface area contributed by atoms with Crippen molar-refractivity contribution in [2.24, 2.45) is 0 Å². The zero-order chi connectivity index (χ0) is 15.2. The minimum Gasteiger partial charge on any atom is -0.399 e. The van der Waals surface area contributed by atoms with Gasteiger partial charge in [-0.2, -0.15) is 0 Å². The van der Waals surface area contributed by atoms with Crippen molar-refractivity contribution in [2.45, 2.75) is 39.0 Å². The van der Waals surface area contributed by atoms with Gasteiger partial charge in [0.1, 0.15) is 0 Å². The summed E-state index contributed by atoms with van der Waals surface area (Å²) in [6.45, 7) is 1.36. The van der Waals surface area contributed by atoms with Crippen molar-refractivity contribution in [2.75, 3.05) is 10.6 Å². The number of anilines is 2. The molecule has 3 N–H and O–H groups in total. The standard InChI is InChI=1S/C16H21N3O2/c1-12(20)19(15-9-7-14(17)8-10-15)16(21)18-11-13-5-3-2-4-6-13/h7-11H,2-6,17H2,1H3,(H,18,21). The normalized spacial score (nSPS) is 14.4. The van der Waals surface area contributed by atoms with Gasteiger partial charge in [-0.15, -0.1) is 0 Å². The molecule has 0 aromatic heterocycles. The van der Waals surface area contributed by atoms with Crippen molar-refractivity contribution in [3.05, 3.63) is 36.0 Å². The Labute approximate surface area is 124 Å². The van der Waals surface area contributed by atoms with Crippen LogP contribution in [0.3, 0.4) is 0 Å². The van der Waals surface area contributed by atoms with Gasteiger partial charge >= 0.3 is 6.03 Å². The molecule has 0 heterocycles. The molecule has 1 aromatic carbocycles. The number of imide groups is 1. The Morgan fingerprint density at radius 3 is 2.33 bits per heavy atom. The highest BCUT2D eigenvalue weighted by atomic mass is 16.2. The quantitative estimate of drug-likeness (QED) is 0.820. The number of nitrogens with one attached hydrogen (secondary N) is 1. The van der Waals surface area contributed by atoms with Crippen LogP contribution in [-0.2, 0) is 4.79 Å². The highest BCUT2D eigenvalue weighted by Crippen LogP contribution is 2.22. The van der Waals surface area contributed by atoms with Crippen molar-refractivity contribution in [1.82, 2.24) is 5.32 Å². The van der Waals surface area contributed by atoms with E-state index in [2.05, 4.69) is 5.32 Å². The molecule has 0 spiro atoms. The summed E-state index contributed by atoms with van der Waals surface area (Å²) in [6, 6.07) is 6.20. The van der Waals surface area contributed by atoms with Crippen molar-refractivity contribution in [3.8, 4) is 0 Å². The largest absolute Gasteiger partial charge is 0.399 e. The van der Waals surface area contributed by atoms with Crippen LogP contribution in [0.5, 0.6) is 0 Å². The average molecular weight is 287 g/mol. The molecule has 1 aliphatic rings. The van der Waals surface area contributed by atoms with E-state index >= 15 is 0 Å². The molecule has 1 aromatic rings. The second kappa shape index (κ2) is 6.92. The number of rotatable bonds is 2. The molecule has 0 unspecified atom stereocenters. The predicted molar refractivity (Wildman–Crippen MR) is 83.7 cm³/mol. The van der Waals surface area contributed by atoms with E-state index in [0.717, 1.165) is 30.6 Å². The van der Waals surface area contributed by atoms with Crippen LogP contribution in [-0.4, -0.2) is 11.9 Å². The maximum absolute atomic E-state index is 12.2. The van der Waals surface area contributed by atoms with Crippen molar-refractivity contribution in [1.29, 1.82) is 0 Å². The molecule has 21 heavy (non-hydrogen) atoms. The fraction of sp³-hybridized carbons (Fsp3) is 0.375. The van der Waals surface area contributed by atoms with E-state index in [9.17, 15) is 9.59 Å². The Bertz CT molecular complexity index is 541. The van der Waals surface area contributed by atoms with Gasteiger partial charge in [0.25, 0.3) is 0 Å². The maximum Gasteiger partial charge on any atom is 0.332 e. The Morgan fingerprint density at radius 1 is 1.14 bits per heavy atom. The maximum atomic E-state index is 12.2. The number of carbonyl (C=O) groups excluding carboxylic acids is 2. The summed E-state index contributed by atoms with van der Waals surface area (Å²) in [4.78, 5) is 25.1. The lowest BCUT2D eigenvalue weighted by Crippen LogP contribution is -2.41. The van der Waals surface area contributed by atoms with Crippen molar-refractivity contribution < 1.29 is 9.59 Å². The summed E-state index contributed by atoms with van der Waals surface area (Å²) in [7, 11) is 0. The van der Waals surface area contributed by atoms with Gasteiger partial charge in [-0.1, -0.05) is 12.0 Å². The number of benzene rings is 1. The van der Waals surface area contributed by atoms with E-state index in [4.69, 9.17) is 5.73 Å². The molecule has 1 saturated carbocycles. The summed E-state index contributed by atoms with van der Waals surface area (Å²) in [5.74, 6) is -0.334. The van der Waals surface area contributed by atoms with E-state index in [1.54, 1.807) is 30.5 Å². The van der Waals surface area contributed by atoms with Gasteiger partial charge in [-0.3, -0.25) is 4.79 Å². The van der Waals surface area contributed by atoms with Crippen LogP contribution in [0.25, 0.3) is 0 Å². The SMILES string of the molecule is CC(=O)N(C(=O)NC=C1CCCCC1)c1ccc(N)cc1. The van der Waals surface area contributed by atoms with Crippen molar-refractivity contribution in [3.63, 3.8) is 0 Å². The van der Waals surface area contributed by atoms with E-state index < -0.39 is 6.03 Å². The minimum atomic E-state index is -0.439. The van der Waals surface area contributed by atoms with Gasteiger partial charge in [0.2, 0.25) is 5.91 Å². The third-order valence-corrected chi connectivity index (χ3v) is 3.56. The number of hydrogen-bond acceptors (Lipinski definition) is 3. The van der Waals surface area contributed by atoms with Gasteiger partial charge < -0.3 is 11.1 Å². The molecule has 3 amide bonds. The fourth-order valence-electron chi connectivity index (χ4n) is 2.44. The number of amides is 3. The summed E-state index contributed by atoms with van der Waals surface area (Å²) in [6.07, 6.45) is 7.35. The van der Waals surface area contributed by atoms with E-state index in [-0.39, 0.29) is 5.91 Å². The molecule has 5 heteroatoms. The summed E-state index contributed by atoms with van der Waals surface area (Å²) >= 11 is 0. The lowest BCUT2D eigenvalue weighted by atomic mass is 9.96. The van der Waals surface area contributed by atoms with Crippen molar-refractivity contribution >= 4 is 23.3 Å².